The van der Waals surface area contributed by atoms with Gasteiger partial charge in [0.2, 0.25) is 0 Å². The number of rotatable bonds is 10. The first-order valence-corrected chi connectivity index (χ1v) is 8.52. The Hall–Kier alpha value is -1.52. The zero-order valence-corrected chi connectivity index (χ0v) is 14.6. The molecule has 1 unspecified atom stereocenters. The van der Waals surface area contributed by atoms with Crippen LogP contribution in [0.5, 0.6) is 0 Å². The van der Waals surface area contributed by atoms with Crippen molar-refractivity contribution in [3.05, 3.63) is 17.0 Å². The van der Waals surface area contributed by atoms with Crippen LogP contribution in [0.1, 0.15) is 75.3 Å². The van der Waals surface area contributed by atoms with Crippen LogP contribution in [0.25, 0.3) is 0 Å². The quantitative estimate of drug-likeness (QED) is 0.393. The highest BCUT2D eigenvalue weighted by molar-refractivity contribution is 5.77. The van der Waals surface area contributed by atoms with Gasteiger partial charge in [-0.25, -0.2) is 0 Å². The largest absolute Gasteiger partial charge is 0.370 e. The molecule has 0 aromatic carbocycles. The second-order valence-corrected chi connectivity index (χ2v) is 6.06. The lowest BCUT2D eigenvalue weighted by Crippen LogP contribution is -2.32. The Bertz CT molecular complexity index is 434. The zero-order chi connectivity index (χ0) is 16.4. The molecule has 0 saturated carbocycles. The van der Waals surface area contributed by atoms with Crippen molar-refractivity contribution in [1.82, 2.24) is 10.5 Å². The number of guanidine groups is 1. The summed E-state index contributed by atoms with van der Waals surface area (Å²) in [6.07, 6.45) is 7.71. The molecule has 0 aliphatic carbocycles. The summed E-state index contributed by atoms with van der Waals surface area (Å²) in [5.41, 5.74) is 8.00. The van der Waals surface area contributed by atoms with Crippen molar-refractivity contribution in [2.75, 3.05) is 13.1 Å². The lowest BCUT2D eigenvalue weighted by Gasteiger charge is -2.10. The fourth-order valence-corrected chi connectivity index (χ4v) is 2.70. The van der Waals surface area contributed by atoms with Crippen molar-refractivity contribution < 1.29 is 4.52 Å². The van der Waals surface area contributed by atoms with Crippen LogP contribution < -0.4 is 11.1 Å². The Morgan fingerprint density at radius 3 is 2.55 bits per heavy atom. The SMILES string of the molecule is CCCCCCCCNC(N)=NCC(C)c1c(C)noc1C. The van der Waals surface area contributed by atoms with Gasteiger partial charge in [0.05, 0.1) is 5.69 Å². The highest BCUT2D eigenvalue weighted by Gasteiger charge is 2.15. The van der Waals surface area contributed by atoms with E-state index < -0.39 is 0 Å². The first kappa shape index (κ1) is 18.5. The van der Waals surface area contributed by atoms with Crippen LogP contribution in [0.15, 0.2) is 9.52 Å². The molecule has 1 heterocycles. The Labute approximate surface area is 134 Å². The third kappa shape index (κ3) is 6.50. The molecule has 3 N–H and O–H groups in total. The molecule has 1 rings (SSSR count). The smallest absolute Gasteiger partial charge is 0.188 e. The molecule has 5 nitrogen and oxygen atoms in total. The summed E-state index contributed by atoms with van der Waals surface area (Å²) in [5.74, 6) is 1.67. The topological polar surface area (TPSA) is 76.4 Å². The molecule has 0 saturated heterocycles. The predicted molar refractivity (Wildman–Crippen MR) is 92.3 cm³/mol. The summed E-state index contributed by atoms with van der Waals surface area (Å²) >= 11 is 0. The minimum Gasteiger partial charge on any atom is -0.370 e. The molecule has 126 valence electrons. The van der Waals surface area contributed by atoms with Gasteiger partial charge in [-0.05, 0) is 20.3 Å². The number of nitrogens with zero attached hydrogens (tertiary/aromatic N) is 2. The van der Waals surface area contributed by atoms with E-state index in [1.807, 2.05) is 13.8 Å². The van der Waals surface area contributed by atoms with Gasteiger partial charge >= 0.3 is 0 Å². The molecule has 0 fully saturated rings. The first-order valence-electron chi connectivity index (χ1n) is 8.52. The molecule has 1 aromatic heterocycles. The number of aromatic nitrogens is 1. The summed E-state index contributed by atoms with van der Waals surface area (Å²) < 4.78 is 5.20. The average molecular weight is 308 g/mol. The second kappa shape index (κ2) is 10.2. The fourth-order valence-electron chi connectivity index (χ4n) is 2.70. The van der Waals surface area contributed by atoms with Gasteiger partial charge in [-0.15, -0.1) is 0 Å². The summed E-state index contributed by atoms with van der Waals surface area (Å²) in [6, 6.07) is 0. The van der Waals surface area contributed by atoms with Crippen LogP contribution in [-0.2, 0) is 0 Å². The van der Waals surface area contributed by atoms with Crippen LogP contribution >= 0.6 is 0 Å². The van der Waals surface area contributed by atoms with Gasteiger partial charge in [0.15, 0.2) is 5.96 Å². The third-order valence-electron chi connectivity index (χ3n) is 3.95. The zero-order valence-electron chi connectivity index (χ0n) is 14.6. The number of nitrogens with one attached hydrogen (secondary N) is 1. The lowest BCUT2D eigenvalue weighted by atomic mass is 10.00. The van der Waals surface area contributed by atoms with Gasteiger partial charge < -0.3 is 15.6 Å². The summed E-state index contributed by atoms with van der Waals surface area (Å²) in [4.78, 5) is 4.42. The van der Waals surface area contributed by atoms with Gasteiger partial charge in [0.25, 0.3) is 0 Å². The van der Waals surface area contributed by atoms with Gasteiger partial charge in [0, 0.05) is 24.6 Å². The van der Waals surface area contributed by atoms with E-state index in [0.29, 0.717) is 12.5 Å². The molecule has 1 aromatic rings. The standard InChI is InChI=1S/C17H32N4O/c1-5-6-7-8-9-10-11-19-17(18)20-12-13(2)16-14(3)21-22-15(16)4/h13H,5-12H2,1-4H3,(H3,18,19,20). The minimum absolute atomic E-state index is 0.264. The van der Waals surface area contributed by atoms with E-state index in [9.17, 15) is 0 Å². The minimum atomic E-state index is 0.264. The number of unbranched alkanes of at least 4 members (excludes halogenated alkanes) is 5. The van der Waals surface area contributed by atoms with E-state index in [1.165, 1.54) is 32.1 Å². The second-order valence-electron chi connectivity index (χ2n) is 6.06. The van der Waals surface area contributed by atoms with E-state index >= 15 is 0 Å². The van der Waals surface area contributed by atoms with E-state index in [2.05, 4.69) is 29.3 Å². The van der Waals surface area contributed by atoms with E-state index in [0.717, 1.165) is 30.0 Å². The van der Waals surface area contributed by atoms with Gasteiger partial charge in [-0.1, -0.05) is 51.1 Å². The molecule has 1 atom stereocenters. The Kier molecular flexibility index (Phi) is 8.63. The van der Waals surface area contributed by atoms with Crippen LogP contribution in [0.2, 0.25) is 0 Å². The number of nitrogens with two attached hydrogens (primary N) is 1. The number of hydrogen-bond donors (Lipinski definition) is 2. The monoisotopic (exact) mass is 308 g/mol. The van der Waals surface area contributed by atoms with Gasteiger partial charge in [-0.3, -0.25) is 4.99 Å². The fraction of sp³-hybridized carbons (Fsp3) is 0.765. The molecule has 5 heteroatoms. The van der Waals surface area contributed by atoms with Crippen LogP contribution in [0, 0.1) is 13.8 Å². The van der Waals surface area contributed by atoms with Crippen LogP contribution in [0.4, 0.5) is 0 Å². The Morgan fingerprint density at radius 2 is 1.91 bits per heavy atom. The molecule has 22 heavy (non-hydrogen) atoms. The molecule has 0 aliphatic rings. The lowest BCUT2D eigenvalue weighted by molar-refractivity contribution is 0.391. The molecule has 0 amide bonds. The molecule has 0 spiro atoms. The molecular formula is C17H32N4O. The maximum absolute atomic E-state index is 5.91. The van der Waals surface area contributed by atoms with Crippen molar-refractivity contribution in [3.8, 4) is 0 Å². The first-order chi connectivity index (χ1) is 10.6. The highest BCUT2D eigenvalue weighted by Crippen LogP contribution is 2.22. The molecular weight excluding hydrogens is 276 g/mol. The molecule has 0 radical (unpaired) electrons. The summed E-state index contributed by atoms with van der Waals surface area (Å²) in [5, 5.41) is 7.18. The normalized spacial score (nSPS) is 13.4. The third-order valence-corrected chi connectivity index (χ3v) is 3.95. The van der Waals surface area contributed by atoms with Crippen LogP contribution in [0.3, 0.4) is 0 Å². The summed E-state index contributed by atoms with van der Waals surface area (Å²) in [7, 11) is 0. The van der Waals surface area contributed by atoms with Crippen LogP contribution in [-0.4, -0.2) is 24.2 Å². The van der Waals surface area contributed by atoms with Gasteiger partial charge in [-0.2, -0.15) is 0 Å². The predicted octanol–water partition coefficient (Wildman–Crippen LogP) is 3.66. The maximum atomic E-state index is 5.91. The van der Waals surface area contributed by atoms with E-state index in [4.69, 9.17) is 10.3 Å². The summed E-state index contributed by atoms with van der Waals surface area (Å²) in [6.45, 7) is 9.82. The Morgan fingerprint density at radius 1 is 1.23 bits per heavy atom. The number of aryl methyl sites for hydroxylation is 2. The van der Waals surface area contributed by atoms with E-state index in [-0.39, 0.29) is 5.92 Å². The number of hydrogen-bond acceptors (Lipinski definition) is 3. The Balaban J connectivity index is 2.22. The van der Waals surface area contributed by atoms with Crippen molar-refractivity contribution in [2.24, 2.45) is 10.7 Å². The van der Waals surface area contributed by atoms with Gasteiger partial charge in [0.1, 0.15) is 5.76 Å². The average Bonchev–Trinajstić information content (AvgIpc) is 2.83. The van der Waals surface area contributed by atoms with E-state index in [1.54, 1.807) is 0 Å². The van der Waals surface area contributed by atoms with Crippen molar-refractivity contribution in [3.63, 3.8) is 0 Å². The van der Waals surface area contributed by atoms with Crippen molar-refractivity contribution in [2.45, 2.75) is 72.1 Å². The highest BCUT2D eigenvalue weighted by atomic mass is 16.5. The molecule has 0 aliphatic heterocycles. The maximum Gasteiger partial charge on any atom is 0.188 e. The van der Waals surface area contributed by atoms with Crippen molar-refractivity contribution >= 4 is 5.96 Å². The number of aliphatic imine (C=N–C) groups is 1. The molecule has 0 bridgehead atoms. The van der Waals surface area contributed by atoms with Crippen molar-refractivity contribution in [1.29, 1.82) is 0 Å².